The third-order valence-corrected chi connectivity index (χ3v) is 11.0. The number of anilines is 2. The van der Waals surface area contributed by atoms with Crippen LogP contribution in [-0.2, 0) is 28.0 Å². The Morgan fingerprint density at radius 2 is 1.91 bits per heavy atom. The van der Waals surface area contributed by atoms with Gasteiger partial charge in [0.15, 0.2) is 17.3 Å². The van der Waals surface area contributed by atoms with Crippen molar-refractivity contribution in [1.29, 1.82) is 0 Å². The van der Waals surface area contributed by atoms with Crippen LogP contribution >= 0.6 is 0 Å². The van der Waals surface area contributed by atoms with E-state index in [4.69, 9.17) is 20.2 Å². The van der Waals surface area contributed by atoms with Crippen LogP contribution in [0.15, 0.2) is 42.5 Å². The smallest absolute Gasteiger partial charge is 0.269 e. The summed E-state index contributed by atoms with van der Waals surface area (Å²) >= 11 is 0. The number of aromatic nitrogens is 3. The van der Waals surface area contributed by atoms with Crippen LogP contribution in [0.4, 0.5) is 15.9 Å². The average molecular weight is 669 g/mol. The zero-order valence-electron chi connectivity index (χ0n) is 27.1. The van der Waals surface area contributed by atoms with Gasteiger partial charge in [-0.2, -0.15) is 5.10 Å². The number of rotatable bonds is 14. The molecule has 246 valence electrons. The van der Waals surface area contributed by atoms with Crippen LogP contribution in [-0.4, -0.2) is 64.2 Å². The van der Waals surface area contributed by atoms with E-state index in [9.17, 15) is 13.2 Å². The molecule has 1 amide bonds. The largest absolute Gasteiger partial charge is 0.494 e. The molecule has 0 spiro atoms. The topological polar surface area (TPSA) is 142 Å². The number of nitrogens with zero attached hydrogens (tertiary/aromatic N) is 4. The fourth-order valence-corrected chi connectivity index (χ4v) is 6.56. The summed E-state index contributed by atoms with van der Waals surface area (Å²) in [5.74, 6) is -0.558. The summed E-state index contributed by atoms with van der Waals surface area (Å²) in [6.45, 7) is 7.55. The predicted molar refractivity (Wildman–Crippen MR) is 181 cm³/mol. The molecule has 1 saturated carbocycles. The van der Waals surface area contributed by atoms with E-state index in [1.807, 2.05) is 6.07 Å². The zero-order chi connectivity index (χ0) is 33.4. The van der Waals surface area contributed by atoms with Crippen molar-refractivity contribution in [3.63, 3.8) is 0 Å². The van der Waals surface area contributed by atoms with Crippen molar-refractivity contribution in [3.05, 3.63) is 65.1 Å². The van der Waals surface area contributed by atoms with Crippen molar-refractivity contribution in [1.82, 2.24) is 14.8 Å². The number of nitrogens with one attached hydrogen (secondary N) is 1. The molecule has 2 aromatic carbocycles. The minimum Gasteiger partial charge on any atom is -0.494 e. The highest BCUT2D eigenvalue weighted by Gasteiger charge is 2.30. The lowest BCUT2D eigenvalue weighted by atomic mass is 9.98. The first kappa shape index (κ1) is 33.4. The van der Waals surface area contributed by atoms with Gasteiger partial charge in [-0.05, 0) is 60.2 Å². The van der Waals surface area contributed by atoms with Gasteiger partial charge in [-0.15, -0.1) is 0 Å². The summed E-state index contributed by atoms with van der Waals surface area (Å²) < 4.78 is 54.0. The molecule has 0 unspecified atom stereocenters. The second kappa shape index (κ2) is 13.0. The lowest BCUT2D eigenvalue weighted by molar-refractivity contribution is 0.0808. The number of halogens is 1. The van der Waals surface area contributed by atoms with E-state index in [1.165, 1.54) is 24.5 Å². The van der Waals surface area contributed by atoms with Gasteiger partial charge in [-0.1, -0.05) is 37.8 Å². The highest BCUT2D eigenvalue weighted by molar-refractivity contribution is 7.92. The molecule has 0 bridgehead atoms. The van der Waals surface area contributed by atoms with E-state index >= 15 is 4.39 Å². The summed E-state index contributed by atoms with van der Waals surface area (Å²) in [6.07, 6.45) is 3.07. The van der Waals surface area contributed by atoms with Crippen LogP contribution in [0.5, 0.6) is 5.75 Å². The van der Waals surface area contributed by atoms with Gasteiger partial charge >= 0.3 is 0 Å². The maximum absolute atomic E-state index is 15.2. The summed E-state index contributed by atoms with van der Waals surface area (Å²) in [5.41, 5.74) is 9.53. The van der Waals surface area contributed by atoms with Gasteiger partial charge in [-0.3, -0.25) is 9.10 Å². The first-order valence-electron chi connectivity index (χ1n) is 15.1. The highest BCUT2D eigenvalue weighted by atomic mass is 32.2. The molecule has 0 radical (unpaired) electrons. The quantitative estimate of drug-likeness (QED) is 0.132. The molecule has 4 aromatic rings. The van der Waals surface area contributed by atoms with E-state index < -0.39 is 29.8 Å². The maximum Gasteiger partial charge on any atom is 0.269 e. The van der Waals surface area contributed by atoms with Crippen molar-refractivity contribution in [2.75, 3.05) is 36.6 Å². The Balaban J connectivity index is 1.65. The number of ether oxygens (including phenoxy) is 2. The number of para-hydroxylation sites is 1. The molecule has 46 heavy (non-hydrogen) atoms. The standard InChI is InChI=1S/C32H41FN6O5SSi/c1-38(45(3,41)42)26-10-8-7-9-21(26)18-35-32-29-27(39(37-30(29)31(34)40)19-44-13-14-46(4,5)6)17-25(36-32)23-15-24(33)28(43-2)16-22(23)20-11-12-20/h7-10,15-17,20H,11-14,18-19H2,1-6H3,(H2,34,40)(H,35,36). The molecule has 1 aliphatic rings. The fraction of sp³-hybridized carbons (Fsp3) is 0.406. The number of fused-ring (bicyclic) bond motifs is 1. The summed E-state index contributed by atoms with van der Waals surface area (Å²) in [7, 11) is -1.96. The lowest BCUT2D eigenvalue weighted by Crippen LogP contribution is -2.26. The Morgan fingerprint density at radius 3 is 2.54 bits per heavy atom. The molecule has 11 nitrogen and oxygen atoms in total. The Kier molecular flexibility index (Phi) is 9.43. The van der Waals surface area contributed by atoms with Crippen LogP contribution in [0.3, 0.4) is 0 Å². The molecule has 0 saturated heterocycles. The molecular weight excluding hydrogens is 628 g/mol. The molecule has 2 aromatic heterocycles. The number of benzene rings is 2. The van der Waals surface area contributed by atoms with Gasteiger partial charge in [0.2, 0.25) is 10.0 Å². The van der Waals surface area contributed by atoms with E-state index in [2.05, 4.69) is 30.1 Å². The minimum absolute atomic E-state index is 0.00946. The number of nitrogens with two attached hydrogens (primary N) is 1. The number of hydrogen-bond donors (Lipinski definition) is 2. The monoisotopic (exact) mass is 668 g/mol. The Morgan fingerprint density at radius 1 is 1.20 bits per heavy atom. The van der Waals surface area contributed by atoms with Gasteiger partial charge in [-0.25, -0.2) is 22.5 Å². The highest BCUT2D eigenvalue weighted by Crippen LogP contribution is 2.46. The number of primary amides is 1. The van der Waals surface area contributed by atoms with Crippen LogP contribution in [0.2, 0.25) is 25.7 Å². The summed E-state index contributed by atoms with van der Waals surface area (Å²) in [6, 6.07) is 13.0. The van der Waals surface area contributed by atoms with Crippen molar-refractivity contribution in [2.24, 2.45) is 5.73 Å². The van der Waals surface area contributed by atoms with Gasteiger partial charge in [0, 0.05) is 33.8 Å². The first-order chi connectivity index (χ1) is 21.7. The molecule has 3 N–H and O–H groups in total. The van der Waals surface area contributed by atoms with Crippen molar-refractivity contribution in [3.8, 4) is 17.0 Å². The number of carbonyl (C=O) groups is 1. The minimum atomic E-state index is -3.53. The number of sulfonamides is 1. The van der Waals surface area contributed by atoms with Crippen molar-refractivity contribution in [2.45, 2.75) is 57.7 Å². The molecule has 5 rings (SSSR count). The number of amides is 1. The van der Waals surface area contributed by atoms with Crippen molar-refractivity contribution >= 4 is 46.4 Å². The third kappa shape index (κ3) is 7.34. The van der Waals surface area contributed by atoms with E-state index in [0.29, 0.717) is 45.8 Å². The number of pyridine rings is 1. The number of methoxy groups -OCH3 is 1. The van der Waals surface area contributed by atoms with Gasteiger partial charge in [0.1, 0.15) is 12.5 Å². The predicted octanol–water partition coefficient (Wildman–Crippen LogP) is 5.54. The normalized spacial score (nSPS) is 13.6. The van der Waals surface area contributed by atoms with E-state index in [1.54, 1.807) is 35.0 Å². The second-order valence-electron chi connectivity index (χ2n) is 12.9. The lowest BCUT2D eigenvalue weighted by Gasteiger charge is -2.21. The van der Waals surface area contributed by atoms with E-state index in [0.717, 1.165) is 30.7 Å². The summed E-state index contributed by atoms with van der Waals surface area (Å²) in [4.78, 5) is 17.6. The van der Waals surface area contributed by atoms with Crippen LogP contribution < -0.4 is 20.1 Å². The summed E-state index contributed by atoms with van der Waals surface area (Å²) in [5, 5.41) is 8.23. The molecule has 0 aliphatic heterocycles. The first-order valence-corrected chi connectivity index (χ1v) is 20.7. The van der Waals surface area contributed by atoms with Gasteiger partial charge in [0.25, 0.3) is 5.91 Å². The molecule has 2 heterocycles. The SMILES string of the molecule is COc1cc(C2CC2)c(-c2cc3c(c(NCc4ccccc4N(C)S(C)(=O)=O)n2)c(C(N)=O)nn3COCC[Si](C)(C)C)cc1F. The maximum atomic E-state index is 15.2. The Hall–Kier alpha value is -4.01. The molecule has 1 fully saturated rings. The average Bonchev–Trinajstić information content (AvgIpc) is 3.77. The Bertz CT molecular complexity index is 1890. The van der Waals surface area contributed by atoms with Crippen LogP contribution in [0, 0.1) is 5.82 Å². The second-order valence-corrected chi connectivity index (χ2v) is 20.5. The third-order valence-electron chi connectivity index (χ3n) is 8.07. The van der Waals surface area contributed by atoms with Crippen LogP contribution in [0.1, 0.15) is 40.4 Å². The Labute approximate surface area is 270 Å². The molecule has 0 atom stereocenters. The van der Waals surface area contributed by atoms with Gasteiger partial charge in [0.05, 0.1) is 35.6 Å². The zero-order valence-corrected chi connectivity index (χ0v) is 28.9. The number of carbonyl (C=O) groups excluding carboxylic acids is 1. The molecule has 14 heteroatoms. The fourth-order valence-electron chi connectivity index (χ4n) is 5.26. The molecule has 1 aliphatic carbocycles. The van der Waals surface area contributed by atoms with Crippen LogP contribution in [0.25, 0.3) is 22.2 Å². The van der Waals surface area contributed by atoms with E-state index in [-0.39, 0.29) is 30.6 Å². The number of hydrogen-bond acceptors (Lipinski definition) is 8. The van der Waals surface area contributed by atoms with Gasteiger partial charge < -0.3 is 20.5 Å². The van der Waals surface area contributed by atoms with Crippen molar-refractivity contribution < 1.29 is 27.1 Å². The molecular formula is C32H41FN6O5SSi.